The molecule has 5 atom stereocenters. The van der Waals surface area contributed by atoms with Crippen molar-refractivity contribution in [3.8, 4) is 11.5 Å². The zero-order valence-corrected chi connectivity index (χ0v) is 28.7. The lowest BCUT2D eigenvalue weighted by Crippen LogP contribution is -2.47. The van der Waals surface area contributed by atoms with E-state index in [9.17, 15) is 15.0 Å². The lowest BCUT2D eigenvalue weighted by atomic mass is 9.52. The predicted octanol–water partition coefficient (Wildman–Crippen LogP) is 6.92. The number of Topliss-reactive ketones (excluding diaryl/α,β-unsaturated/α-hetero) is 1. The maximum Gasteiger partial charge on any atom is 0.163 e. The van der Waals surface area contributed by atoms with Gasteiger partial charge in [-0.1, -0.05) is 56.9 Å². The molecule has 0 spiro atoms. The number of fused-ring (bicyclic) bond motifs is 4. The molecule has 3 aliphatic carbocycles. The molecule has 5 N–H and O–H groups in total. The number of aliphatic hydroxyl groups excluding tert-OH is 1. The summed E-state index contributed by atoms with van der Waals surface area (Å²) >= 11 is 0. The molecule has 0 bridgehead atoms. The highest BCUT2D eigenvalue weighted by molar-refractivity contribution is 6.10. The first-order chi connectivity index (χ1) is 23.9. The number of hydrogen-bond donors (Lipinski definition) is 4. The fraction of sp³-hybridized carbons (Fsp3) is 0.512. The number of ether oxygens (including phenoxy) is 1. The smallest absolute Gasteiger partial charge is 0.163 e. The summed E-state index contributed by atoms with van der Waals surface area (Å²) in [7, 11) is 0. The quantitative estimate of drug-likeness (QED) is 0.172. The monoisotopic (exact) mass is 662 g/mol. The van der Waals surface area contributed by atoms with Gasteiger partial charge in [0.2, 0.25) is 0 Å². The van der Waals surface area contributed by atoms with Gasteiger partial charge in [0, 0.05) is 41.9 Å². The summed E-state index contributed by atoms with van der Waals surface area (Å²) in [6, 6.07) is 12.1. The van der Waals surface area contributed by atoms with Gasteiger partial charge in [-0.05, 0) is 102 Å². The van der Waals surface area contributed by atoms with E-state index in [0.717, 1.165) is 43.4 Å². The molecule has 1 saturated carbocycles. The van der Waals surface area contributed by atoms with Crippen LogP contribution in [0.5, 0.6) is 11.5 Å². The molecule has 2 aromatic carbocycles. The summed E-state index contributed by atoms with van der Waals surface area (Å²) < 4.78 is 6.20. The van der Waals surface area contributed by atoms with Crippen molar-refractivity contribution in [3.63, 3.8) is 0 Å². The van der Waals surface area contributed by atoms with Crippen LogP contribution in [0.3, 0.4) is 0 Å². The molecule has 0 saturated heterocycles. The van der Waals surface area contributed by atoms with E-state index in [1.165, 1.54) is 59.2 Å². The molecule has 0 amide bonds. The van der Waals surface area contributed by atoms with Crippen LogP contribution in [-0.2, 0) is 16.6 Å². The molecule has 258 valence electrons. The number of nitrogens with zero attached hydrogens (tertiary/aromatic N) is 2. The molecule has 8 heteroatoms. The Kier molecular flexibility index (Phi) is 8.65. The third kappa shape index (κ3) is 5.61. The van der Waals surface area contributed by atoms with Gasteiger partial charge in [-0.3, -0.25) is 9.79 Å². The Morgan fingerprint density at radius 1 is 1.20 bits per heavy atom. The van der Waals surface area contributed by atoms with Crippen molar-refractivity contribution in [2.24, 2.45) is 22.6 Å². The van der Waals surface area contributed by atoms with Crippen LogP contribution in [0.4, 0.5) is 0 Å². The van der Waals surface area contributed by atoms with Gasteiger partial charge in [-0.2, -0.15) is 0 Å². The molecule has 6 aliphatic rings. The van der Waals surface area contributed by atoms with Crippen LogP contribution < -0.4 is 15.8 Å². The molecular weight excluding hydrogens is 612 g/mol. The maximum absolute atomic E-state index is 12.5. The van der Waals surface area contributed by atoms with Crippen molar-refractivity contribution in [1.82, 2.24) is 10.2 Å². The van der Waals surface area contributed by atoms with E-state index in [1.807, 2.05) is 12.1 Å². The van der Waals surface area contributed by atoms with Crippen LogP contribution in [0.1, 0.15) is 112 Å². The van der Waals surface area contributed by atoms with Crippen LogP contribution in [0.25, 0.3) is 5.57 Å². The summed E-state index contributed by atoms with van der Waals surface area (Å²) in [4.78, 5) is 19.7. The molecule has 5 unspecified atom stereocenters. The second-order valence-electron chi connectivity index (χ2n) is 15.1. The van der Waals surface area contributed by atoms with Gasteiger partial charge >= 0.3 is 0 Å². The van der Waals surface area contributed by atoms with E-state index in [4.69, 9.17) is 15.5 Å². The average Bonchev–Trinajstić information content (AvgIpc) is 3.82. The van der Waals surface area contributed by atoms with Gasteiger partial charge < -0.3 is 30.9 Å². The lowest BCUT2D eigenvalue weighted by molar-refractivity contribution is -0.121. The molecule has 3 aliphatic heterocycles. The number of benzene rings is 2. The number of aromatic hydroxyl groups is 1. The topological polar surface area (TPSA) is 120 Å². The Morgan fingerprint density at radius 2 is 2.10 bits per heavy atom. The maximum atomic E-state index is 12.5. The molecule has 2 aromatic rings. The summed E-state index contributed by atoms with van der Waals surface area (Å²) in [6.07, 6.45) is 15.6. The highest BCUT2D eigenvalue weighted by Gasteiger charge is 2.58. The first-order valence-corrected chi connectivity index (χ1v) is 18.6. The number of nitrogens with one attached hydrogen (secondary N) is 1. The standard InChI is InChI=1S/C41H50N4O4/c1-2-3-4-8-26(46)20-27(47)16-14-25-15-17-36(48)37(19-25)49-24-45-22-30-33(21-43-35(30)23-45)41-18-7-12-31(41)28-9-6-13-34-39(28)38-29(40(42)44-34)10-5-11-32(38)41/h5,10-11,15,17,19,21-22,26,28,31,40,44,46,48H,2-4,6-9,12-14,16,18,20,23-24,42H2,1H3. The summed E-state index contributed by atoms with van der Waals surface area (Å²) in [5, 5.41) is 24.5. The predicted molar refractivity (Wildman–Crippen MR) is 192 cm³/mol. The Bertz CT molecular complexity index is 1770. The number of carbonyl (C=O) groups excluding carboxylic acids is 1. The van der Waals surface area contributed by atoms with Crippen LogP contribution >= 0.6 is 0 Å². The van der Waals surface area contributed by atoms with E-state index >= 15 is 0 Å². The van der Waals surface area contributed by atoms with E-state index in [1.54, 1.807) is 11.6 Å². The molecule has 1 fully saturated rings. The number of aliphatic hydroxyl groups is 1. The minimum Gasteiger partial charge on any atom is -0.504 e. The van der Waals surface area contributed by atoms with Crippen molar-refractivity contribution in [1.29, 1.82) is 0 Å². The second-order valence-corrected chi connectivity index (χ2v) is 15.1. The number of phenolic OH excluding ortho intramolecular Hbond substituents is 1. The molecule has 3 heterocycles. The molecule has 49 heavy (non-hydrogen) atoms. The molecule has 0 radical (unpaired) electrons. The molecule has 0 aromatic heterocycles. The number of unbranched alkanes of at least 4 members (excludes halogenated alkanes) is 2. The summed E-state index contributed by atoms with van der Waals surface area (Å²) in [5.41, 5.74) is 18.3. The third-order valence-electron chi connectivity index (χ3n) is 12.2. The Labute approximate surface area is 289 Å². The Morgan fingerprint density at radius 3 is 2.98 bits per heavy atom. The number of aryl methyl sites for hydroxylation is 1. The molecule has 8 nitrogen and oxygen atoms in total. The van der Waals surface area contributed by atoms with Crippen molar-refractivity contribution < 1.29 is 19.7 Å². The Hall–Kier alpha value is -3.88. The lowest BCUT2D eigenvalue weighted by Gasteiger charge is -2.52. The third-order valence-corrected chi connectivity index (χ3v) is 12.2. The van der Waals surface area contributed by atoms with Crippen LogP contribution in [0.15, 0.2) is 70.6 Å². The van der Waals surface area contributed by atoms with Gasteiger partial charge in [0.15, 0.2) is 18.2 Å². The Balaban J connectivity index is 0.982. The number of aliphatic imine (C=N–C) groups is 1. The highest BCUT2D eigenvalue weighted by atomic mass is 16.5. The van der Waals surface area contributed by atoms with Gasteiger partial charge in [-0.15, -0.1) is 0 Å². The minimum atomic E-state index is -0.563. The normalized spacial score (nSPS) is 26.7. The number of nitrogens with two attached hydrogens (primary N) is 1. The minimum absolute atomic E-state index is 0.0630. The van der Waals surface area contributed by atoms with E-state index in [-0.39, 0.29) is 36.3 Å². The van der Waals surface area contributed by atoms with Crippen molar-refractivity contribution >= 4 is 17.1 Å². The van der Waals surface area contributed by atoms with Gasteiger partial charge in [0.05, 0.1) is 18.4 Å². The van der Waals surface area contributed by atoms with Gasteiger partial charge in [0.25, 0.3) is 0 Å². The second kappa shape index (κ2) is 13.1. The highest BCUT2D eigenvalue weighted by Crippen LogP contribution is 2.65. The molecule has 8 rings (SSSR count). The van der Waals surface area contributed by atoms with Crippen LogP contribution in [0.2, 0.25) is 0 Å². The fourth-order valence-electron chi connectivity index (χ4n) is 9.98. The van der Waals surface area contributed by atoms with E-state index in [2.05, 4.69) is 47.7 Å². The fourth-order valence-corrected chi connectivity index (χ4v) is 9.98. The van der Waals surface area contributed by atoms with Crippen molar-refractivity contribution in [2.75, 3.05) is 13.3 Å². The number of hydrogen-bond acceptors (Lipinski definition) is 8. The zero-order valence-electron chi connectivity index (χ0n) is 28.7. The number of ketones is 1. The van der Waals surface area contributed by atoms with Gasteiger partial charge in [-0.25, -0.2) is 0 Å². The number of rotatable bonds is 13. The number of phenols is 1. The number of allylic oxidation sites excluding steroid dienone is 3. The average molecular weight is 663 g/mol. The first-order valence-electron chi connectivity index (χ1n) is 18.6. The SMILES string of the molecule is CCCCCC(O)CC(=O)CCc1ccc(O)c(OCN2C=C3C(C45CCCC4C4CCCC6=C4c4c(cccc45)C(N)N6)=CN=C3C2)c1. The van der Waals surface area contributed by atoms with Crippen LogP contribution in [-0.4, -0.2) is 46.0 Å². The van der Waals surface area contributed by atoms with Crippen molar-refractivity contribution in [3.05, 3.63) is 87.9 Å². The summed E-state index contributed by atoms with van der Waals surface area (Å²) in [6.45, 7) is 3.07. The van der Waals surface area contributed by atoms with Gasteiger partial charge in [0.1, 0.15) is 11.9 Å². The van der Waals surface area contributed by atoms with E-state index < -0.39 is 6.10 Å². The summed E-state index contributed by atoms with van der Waals surface area (Å²) in [5.74, 6) is 1.63. The molecular formula is C41H50N4O4. The number of carbonyl (C=O) groups is 1. The zero-order chi connectivity index (χ0) is 33.7. The first kappa shape index (κ1) is 32.3. The van der Waals surface area contributed by atoms with E-state index in [0.29, 0.717) is 43.4 Å². The largest absolute Gasteiger partial charge is 0.504 e. The van der Waals surface area contributed by atoms with Crippen LogP contribution in [0, 0.1) is 11.8 Å². The van der Waals surface area contributed by atoms with Crippen molar-refractivity contribution in [2.45, 2.75) is 108 Å².